The molecule has 0 amide bonds. The summed E-state index contributed by atoms with van der Waals surface area (Å²) in [7, 11) is 0. The number of ether oxygens (including phenoxy) is 1. The van der Waals surface area contributed by atoms with Crippen molar-refractivity contribution in [1.29, 1.82) is 0 Å². The van der Waals surface area contributed by atoms with Gasteiger partial charge >= 0.3 is 0 Å². The second-order valence-corrected chi connectivity index (χ2v) is 4.48. The molecule has 0 aliphatic rings. The predicted molar refractivity (Wildman–Crippen MR) is 70.7 cm³/mol. The molecule has 1 aromatic heterocycles. The van der Waals surface area contributed by atoms with Crippen LogP contribution in [0.3, 0.4) is 0 Å². The van der Waals surface area contributed by atoms with Gasteiger partial charge in [0.2, 0.25) is 5.88 Å². The van der Waals surface area contributed by atoms with Gasteiger partial charge in [-0.2, -0.15) is 0 Å². The summed E-state index contributed by atoms with van der Waals surface area (Å²) in [4.78, 5) is 15.3. The van der Waals surface area contributed by atoms with Crippen molar-refractivity contribution in [3.63, 3.8) is 0 Å². The molecule has 5 heteroatoms. The first-order chi connectivity index (χ1) is 8.56. The maximum absolute atomic E-state index is 11.3. The number of aryl methyl sites for hydroxylation is 1. The van der Waals surface area contributed by atoms with Crippen LogP contribution in [0, 0.1) is 6.92 Å². The molecule has 18 heavy (non-hydrogen) atoms. The standard InChI is InChI=1S/C13H9Cl2NO2/c1-8-5-11(12(15)17)13(16-7-8)18-10-4-2-3-9(14)6-10/h2-7H,1H3. The lowest BCUT2D eigenvalue weighted by atomic mass is 10.2. The van der Waals surface area contributed by atoms with Crippen LogP contribution in [-0.4, -0.2) is 10.2 Å². The van der Waals surface area contributed by atoms with Crippen molar-refractivity contribution >= 4 is 28.4 Å². The fraction of sp³-hybridized carbons (Fsp3) is 0.0769. The highest BCUT2D eigenvalue weighted by atomic mass is 35.5. The van der Waals surface area contributed by atoms with Crippen molar-refractivity contribution in [3.05, 3.63) is 52.7 Å². The zero-order chi connectivity index (χ0) is 13.1. The van der Waals surface area contributed by atoms with Gasteiger partial charge in [-0.15, -0.1) is 0 Å². The second kappa shape index (κ2) is 5.38. The largest absolute Gasteiger partial charge is 0.438 e. The molecule has 3 nitrogen and oxygen atoms in total. The number of aromatic nitrogens is 1. The first-order valence-corrected chi connectivity index (χ1v) is 5.92. The summed E-state index contributed by atoms with van der Waals surface area (Å²) in [5.74, 6) is 0.667. The Morgan fingerprint density at radius 3 is 2.78 bits per heavy atom. The highest BCUT2D eigenvalue weighted by Crippen LogP contribution is 2.26. The Morgan fingerprint density at radius 2 is 2.11 bits per heavy atom. The van der Waals surface area contributed by atoms with E-state index < -0.39 is 5.24 Å². The Morgan fingerprint density at radius 1 is 1.33 bits per heavy atom. The SMILES string of the molecule is Cc1cnc(Oc2cccc(Cl)c2)c(C(=O)Cl)c1. The van der Waals surface area contributed by atoms with Gasteiger partial charge in [-0.05, 0) is 48.4 Å². The third-order valence-electron chi connectivity index (χ3n) is 2.21. The molecule has 0 unspecified atom stereocenters. The average molecular weight is 282 g/mol. The number of hydrogen-bond acceptors (Lipinski definition) is 3. The first kappa shape index (κ1) is 12.9. The number of pyridine rings is 1. The molecule has 0 fully saturated rings. The minimum Gasteiger partial charge on any atom is -0.438 e. The molecule has 2 rings (SSSR count). The van der Waals surface area contributed by atoms with E-state index in [0.29, 0.717) is 10.8 Å². The van der Waals surface area contributed by atoms with Crippen molar-refractivity contribution in [3.8, 4) is 11.6 Å². The summed E-state index contributed by atoms with van der Waals surface area (Å²) in [6, 6.07) is 8.45. The topological polar surface area (TPSA) is 39.2 Å². The van der Waals surface area contributed by atoms with Crippen LogP contribution in [0.4, 0.5) is 0 Å². The van der Waals surface area contributed by atoms with E-state index in [0.717, 1.165) is 5.56 Å². The number of rotatable bonds is 3. The lowest BCUT2D eigenvalue weighted by Gasteiger charge is -2.08. The zero-order valence-electron chi connectivity index (χ0n) is 9.48. The number of hydrogen-bond donors (Lipinski definition) is 0. The van der Waals surface area contributed by atoms with Gasteiger partial charge < -0.3 is 4.74 Å². The van der Waals surface area contributed by atoms with Gasteiger partial charge in [0.1, 0.15) is 5.75 Å². The molecular weight excluding hydrogens is 273 g/mol. The van der Waals surface area contributed by atoms with Crippen molar-refractivity contribution in [1.82, 2.24) is 4.98 Å². The van der Waals surface area contributed by atoms with E-state index in [2.05, 4.69) is 4.98 Å². The molecule has 0 saturated carbocycles. The summed E-state index contributed by atoms with van der Waals surface area (Å²) < 4.78 is 5.51. The summed E-state index contributed by atoms with van der Waals surface area (Å²) in [5.41, 5.74) is 1.06. The Hall–Kier alpha value is -1.58. The minimum atomic E-state index is -0.608. The normalized spacial score (nSPS) is 10.2. The van der Waals surface area contributed by atoms with E-state index in [9.17, 15) is 4.79 Å². The smallest absolute Gasteiger partial charge is 0.257 e. The van der Waals surface area contributed by atoms with E-state index in [1.807, 2.05) is 6.92 Å². The monoisotopic (exact) mass is 281 g/mol. The van der Waals surface area contributed by atoms with Crippen LogP contribution in [0.2, 0.25) is 5.02 Å². The third kappa shape index (κ3) is 3.00. The lowest BCUT2D eigenvalue weighted by molar-refractivity contribution is 0.107. The minimum absolute atomic E-state index is 0.169. The molecule has 92 valence electrons. The van der Waals surface area contributed by atoms with Gasteiger partial charge in [0, 0.05) is 11.2 Å². The van der Waals surface area contributed by atoms with Crippen molar-refractivity contribution in [2.75, 3.05) is 0 Å². The van der Waals surface area contributed by atoms with Crippen molar-refractivity contribution in [2.45, 2.75) is 6.92 Å². The number of halogens is 2. The van der Waals surface area contributed by atoms with E-state index in [1.54, 1.807) is 36.5 Å². The lowest BCUT2D eigenvalue weighted by Crippen LogP contribution is -1.98. The summed E-state index contributed by atoms with van der Waals surface area (Å²) in [6.45, 7) is 1.82. The van der Waals surface area contributed by atoms with Crippen molar-refractivity contribution < 1.29 is 9.53 Å². The maximum atomic E-state index is 11.3. The van der Waals surface area contributed by atoms with E-state index in [4.69, 9.17) is 27.9 Å². The van der Waals surface area contributed by atoms with Crippen LogP contribution in [0.25, 0.3) is 0 Å². The van der Waals surface area contributed by atoms with Crippen LogP contribution >= 0.6 is 23.2 Å². The molecule has 0 spiro atoms. The van der Waals surface area contributed by atoms with Crippen LogP contribution in [0.1, 0.15) is 15.9 Å². The van der Waals surface area contributed by atoms with Crippen LogP contribution in [-0.2, 0) is 0 Å². The Kier molecular flexibility index (Phi) is 3.84. The number of carbonyl (C=O) groups is 1. The number of nitrogens with zero attached hydrogens (tertiary/aromatic N) is 1. The van der Waals surface area contributed by atoms with Crippen molar-refractivity contribution in [2.24, 2.45) is 0 Å². The second-order valence-electron chi connectivity index (χ2n) is 3.70. The number of benzene rings is 1. The molecule has 0 aliphatic carbocycles. The first-order valence-electron chi connectivity index (χ1n) is 5.16. The van der Waals surface area contributed by atoms with E-state index in [1.165, 1.54) is 0 Å². The molecule has 0 N–H and O–H groups in total. The quantitative estimate of drug-likeness (QED) is 0.791. The summed E-state index contributed by atoms with van der Waals surface area (Å²) in [5, 5.41) is -0.0680. The number of carbonyl (C=O) groups excluding carboxylic acids is 1. The van der Waals surface area contributed by atoms with Gasteiger partial charge in [0.15, 0.2) is 0 Å². The predicted octanol–water partition coefficient (Wildman–Crippen LogP) is 4.21. The van der Waals surface area contributed by atoms with Crippen LogP contribution in [0.15, 0.2) is 36.5 Å². The highest BCUT2D eigenvalue weighted by molar-refractivity contribution is 6.68. The Balaban J connectivity index is 2.37. The molecule has 0 atom stereocenters. The van der Waals surface area contributed by atoms with E-state index >= 15 is 0 Å². The summed E-state index contributed by atoms with van der Waals surface area (Å²) in [6.07, 6.45) is 1.60. The van der Waals surface area contributed by atoms with Gasteiger partial charge in [-0.1, -0.05) is 17.7 Å². The van der Waals surface area contributed by atoms with E-state index in [-0.39, 0.29) is 11.4 Å². The van der Waals surface area contributed by atoms with Gasteiger partial charge in [0.05, 0.1) is 5.56 Å². The highest BCUT2D eigenvalue weighted by Gasteiger charge is 2.13. The Labute approximate surface area is 114 Å². The Bertz CT molecular complexity index is 599. The molecule has 1 heterocycles. The van der Waals surface area contributed by atoms with Gasteiger partial charge in [0.25, 0.3) is 5.24 Å². The van der Waals surface area contributed by atoms with Gasteiger partial charge in [-0.25, -0.2) is 4.98 Å². The van der Waals surface area contributed by atoms with Crippen LogP contribution < -0.4 is 4.74 Å². The molecule has 1 aromatic carbocycles. The third-order valence-corrected chi connectivity index (χ3v) is 2.65. The molecule has 2 aromatic rings. The molecule has 0 bridgehead atoms. The van der Waals surface area contributed by atoms with Gasteiger partial charge in [-0.3, -0.25) is 4.79 Å². The average Bonchev–Trinajstić information content (AvgIpc) is 2.31. The molecule has 0 aliphatic heterocycles. The fourth-order valence-corrected chi connectivity index (χ4v) is 1.74. The molecule has 0 saturated heterocycles. The molecule has 0 radical (unpaired) electrons. The fourth-order valence-electron chi connectivity index (χ4n) is 1.42. The zero-order valence-corrected chi connectivity index (χ0v) is 11.0. The summed E-state index contributed by atoms with van der Waals surface area (Å²) >= 11 is 11.3. The molecular formula is C13H9Cl2NO2. The maximum Gasteiger partial charge on any atom is 0.257 e. The van der Waals surface area contributed by atoms with Crippen LogP contribution in [0.5, 0.6) is 11.6 Å².